The van der Waals surface area contributed by atoms with Gasteiger partial charge in [-0.3, -0.25) is 0 Å². The number of halogens is 1. The lowest BCUT2D eigenvalue weighted by Gasteiger charge is -2.11. The third kappa shape index (κ3) is 3.28. The lowest BCUT2D eigenvalue weighted by atomic mass is 10.1. The Kier molecular flexibility index (Phi) is 4.19. The summed E-state index contributed by atoms with van der Waals surface area (Å²) in [6.45, 7) is 1.80. The molecule has 0 aliphatic carbocycles. The first-order valence-corrected chi connectivity index (χ1v) is 7.69. The molecule has 0 saturated carbocycles. The Bertz CT molecular complexity index is 483. The Morgan fingerprint density at radius 1 is 1.41 bits per heavy atom. The van der Waals surface area contributed by atoms with E-state index >= 15 is 0 Å². The van der Waals surface area contributed by atoms with Crippen LogP contribution < -0.4 is 4.72 Å². The van der Waals surface area contributed by atoms with Gasteiger partial charge in [0.2, 0.25) is 10.0 Å². The van der Waals surface area contributed by atoms with Crippen LogP contribution in [0.2, 0.25) is 0 Å². The van der Waals surface area contributed by atoms with E-state index in [4.69, 9.17) is 4.74 Å². The van der Waals surface area contributed by atoms with Gasteiger partial charge in [-0.2, -0.15) is 0 Å². The van der Waals surface area contributed by atoms with Gasteiger partial charge in [0.05, 0.1) is 11.5 Å². The minimum absolute atomic E-state index is 0.277. The predicted octanol–water partition coefficient (Wildman–Crippen LogP) is 1.76. The number of benzene rings is 1. The molecule has 6 heteroatoms. The second-order valence-electron chi connectivity index (χ2n) is 4.01. The Hall–Kier alpha value is -0.430. The van der Waals surface area contributed by atoms with Gasteiger partial charge in [0.1, 0.15) is 0 Å². The van der Waals surface area contributed by atoms with E-state index in [0.29, 0.717) is 17.6 Å². The molecule has 1 unspecified atom stereocenters. The van der Waals surface area contributed by atoms with Gasteiger partial charge in [0.25, 0.3) is 0 Å². The molecular formula is C11H14BrNO3S. The molecule has 1 aliphatic rings. The van der Waals surface area contributed by atoms with E-state index in [9.17, 15) is 8.42 Å². The van der Waals surface area contributed by atoms with E-state index < -0.39 is 10.0 Å². The SMILES string of the molecule is O=S(=O)(NCC1CCOC1)c1ccccc1Br. The monoisotopic (exact) mass is 319 g/mol. The summed E-state index contributed by atoms with van der Waals surface area (Å²) in [7, 11) is -3.43. The summed E-state index contributed by atoms with van der Waals surface area (Å²) in [6, 6.07) is 6.79. The summed E-state index contributed by atoms with van der Waals surface area (Å²) < 4.78 is 32.5. The smallest absolute Gasteiger partial charge is 0.241 e. The third-order valence-corrected chi connectivity index (χ3v) is 5.15. The molecule has 2 rings (SSSR count). The van der Waals surface area contributed by atoms with E-state index in [-0.39, 0.29) is 10.8 Å². The first-order valence-electron chi connectivity index (χ1n) is 5.41. The van der Waals surface area contributed by atoms with Crippen LogP contribution in [0, 0.1) is 5.92 Å². The second-order valence-corrected chi connectivity index (χ2v) is 6.60. The molecular weight excluding hydrogens is 306 g/mol. The van der Waals surface area contributed by atoms with Crippen molar-refractivity contribution in [2.24, 2.45) is 5.92 Å². The summed E-state index contributed by atoms with van der Waals surface area (Å²) in [5, 5.41) is 0. The molecule has 1 aromatic carbocycles. The summed E-state index contributed by atoms with van der Waals surface area (Å²) in [4.78, 5) is 0.277. The Morgan fingerprint density at radius 2 is 2.18 bits per heavy atom. The normalized spacial score (nSPS) is 20.6. The van der Waals surface area contributed by atoms with Crippen molar-refractivity contribution in [2.75, 3.05) is 19.8 Å². The van der Waals surface area contributed by atoms with Crippen molar-refractivity contribution in [2.45, 2.75) is 11.3 Å². The fourth-order valence-electron chi connectivity index (χ4n) is 1.71. The highest BCUT2D eigenvalue weighted by atomic mass is 79.9. The zero-order valence-corrected chi connectivity index (χ0v) is 11.6. The van der Waals surface area contributed by atoms with Crippen molar-refractivity contribution in [3.05, 3.63) is 28.7 Å². The molecule has 0 spiro atoms. The molecule has 1 heterocycles. The average molecular weight is 320 g/mol. The molecule has 17 heavy (non-hydrogen) atoms. The zero-order chi connectivity index (χ0) is 12.3. The van der Waals surface area contributed by atoms with Crippen LogP contribution in [0.15, 0.2) is 33.6 Å². The molecule has 1 atom stereocenters. The van der Waals surface area contributed by atoms with Crippen LogP contribution in [-0.2, 0) is 14.8 Å². The van der Waals surface area contributed by atoms with Crippen molar-refractivity contribution < 1.29 is 13.2 Å². The van der Waals surface area contributed by atoms with Gasteiger partial charge in [0.15, 0.2) is 0 Å². The lowest BCUT2D eigenvalue weighted by Crippen LogP contribution is -2.29. The van der Waals surface area contributed by atoms with Gasteiger partial charge in [-0.05, 0) is 40.4 Å². The van der Waals surface area contributed by atoms with Gasteiger partial charge >= 0.3 is 0 Å². The number of sulfonamides is 1. The molecule has 4 nitrogen and oxygen atoms in total. The van der Waals surface area contributed by atoms with Crippen molar-refractivity contribution in [3.8, 4) is 0 Å². The average Bonchev–Trinajstić information content (AvgIpc) is 2.80. The second kappa shape index (κ2) is 5.48. The van der Waals surface area contributed by atoms with Crippen molar-refractivity contribution in [1.82, 2.24) is 4.72 Å². The Balaban J connectivity index is 2.06. The minimum Gasteiger partial charge on any atom is -0.381 e. The molecule has 1 aliphatic heterocycles. The number of hydrogen-bond donors (Lipinski definition) is 1. The van der Waals surface area contributed by atoms with E-state index in [2.05, 4.69) is 20.7 Å². The highest BCUT2D eigenvalue weighted by molar-refractivity contribution is 9.10. The predicted molar refractivity (Wildman–Crippen MR) is 68.3 cm³/mol. The van der Waals surface area contributed by atoms with Gasteiger partial charge in [-0.15, -0.1) is 0 Å². The Morgan fingerprint density at radius 3 is 2.82 bits per heavy atom. The summed E-state index contributed by atoms with van der Waals surface area (Å²) in [6.07, 6.45) is 0.915. The van der Waals surface area contributed by atoms with E-state index in [1.807, 2.05) is 0 Å². The number of nitrogens with one attached hydrogen (secondary N) is 1. The topological polar surface area (TPSA) is 55.4 Å². The van der Waals surface area contributed by atoms with Gasteiger partial charge in [0, 0.05) is 17.6 Å². The van der Waals surface area contributed by atoms with Crippen LogP contribution in [0.1, 0.15) is 6.42 Å². The maximum atomic E-state index is 12.0. The molecule has 0 radical (unpaired) electrons. The number of hydrogen-bond acceptors (Lipinski definition) is 3. The van der Waals surface area contributed by atoms with Crippen LogP contribution in [0.5, 0.6) is 0 Å². The van der Waals surface area contributed by atoms with Crippen LogP contribution in [0.3, 0.4) is 0 Å². The Labute approximate surface area is 110 Å². The standard InChI is InChI=1S/C11H14BrNO3S/c12-10-3-1-2-4-11(10)17(14,15)13-7-9-5-6-16-8-9/h1-4,9,13H,5-8H2. The summed E-state index contributed by atoms with van der Waals surface area (Å²) in [5.74, 6) is 0.285. The zero-order valence-electron chi connectivity index (χ0n) is 9.23. The summed E-state index contributed by atoms with van der Waals surface area (Å²) >= 11 is 3.24. The molecule has 1 aromatic rings. The molecule has 94 valence electrons. The maximum Gasteiger partial charge on any atom is 0.241 e. The molecule has 0 aromatic heterocycles. The summed E-state index contributed by atoms with van der Waals surface area (Å²) in [5.41, 5.74) is 0. The largest absolute Gasteiger partial charge is 0.381 e. The first kappa shape index (κ1) is 13.0. The van der Waals surface area contributed by atoms with E-state index in [1.54, 1.807) is 24.3 Å². The third-order valence-electron chi connectivity index (χ3n) is 2.71. The minimum atomic E-state index is -3.43. The molecule has 1 fully saturated rings. The molecule has 1 N–H and O–H groups in total. The van der Waals surface area contributed by atoms with Crippen LogP contribution in [0.25, 0.3) is 0 Å². The number of rotatable bonds is 4. The van der Waals surface area contributed by atoms with E-state index in [0.717, 1.165) is 13.0 Å². The van der Waals surface area contributed by atoms with Crippen LogP contribution in [0.4, 0.5) is 0 Å². The fourth-order valence-corrected chi connectivity index (χ4v) is 3.83. The molecule has 0 amide bonds. The van der Waals surface area contributed by atoms with Crippen molar-refractivity contribution >= 4 is 26.0 Å². The maximum absolute atomic E-state index is 12.0. The highest BCUT2D eigenvalue weighted by Crippen LogP contribution is 2.21. The van der Waals surface area contributed by atoms with Crippen molar-refractivity contribution in [3.63, 3.8) is 0 Å². The highest BCUT2D eigenvalue weighted by Gasteiger charge is 2.21. The lowest BCUT2D eigenvalue weighted by molar-refractivity contribution is 0.186. The molecule has 0 bridgehead atoms. The molecule has 1 saturated heterocycles. The van der Waals surface area contributed by atoms with Gasteiger partial charge < -0.3 is 4.74 Å². The quantitative estimate of drug-likeness (QED) is 0.920. The van der Waals surface area contributed by atoms with Gasteiger partial charge in [-0.25, -0.2) is 13.1 Å². The van der Waals surface area contributed by atoms with Gasteiger partial charge in [-0.1, -0.05) is 12.1 Å². The van der Waals surface area contributed by atoms with Crippen LogP contribution in [-0.4, -0.2) is 28.2 Å². The van der Waals surface area contributed by atoms with Crippen molar-refractivity contribution in [1.29, 1.82) is 0 Å². The first-order chi connectivity index (χ1) is 8.09. The number of ether oxygens (including phenoxy) is 1. The van der Waals surface area contributed by atoms with Crippen LogP contribution >= 0.6 is 15.9 Å². The fraction of sp³-hybridized carbons (Fsp3) is 0.455. The van der Waals surface area contributed by atoms with E-state index in [1.165, 1.54) is 0 Å².